The van der Waals surface area contributed by atoms with Crippen LogP contribution in [0.1, 0.15) is 15.2 Å². The molecule has 0 bridgehead atoms. The average molecular weight is 373 g/mol. The van der Waals surface area contributed by atoms with Crippen LogP contribution in [0.3, 0.4) is 0 Å². The highest BCUT2D eigenvalue weighted by molar-refractivity contribution is 7.21. The third-order valence-corrected chi connectivity index (χ3v) is 4.93. The monoisotopic (exact) mass is 372 g/mol. The molecule has 0 aliphatic heterocycles. The molecule has 25 heavy (non-hydrogen) atoms. The number of hydrogen-bond acceptors (Lipinski definition) is 5. The fourth-order valence-electron chi connectivity index (χ4n) is 2.07. The first-order chi connectivity index (χ1) is 12.1. The van der Waals surface area contributed by atoms with Gasteiger partial charge >= 0.3 is 0 Å². The summed E-state index contributed by atoms with van der Waals surface area (Å²) in [6, 6.07) is 11.0. The topological polar surface area (TPSA) is 83.5 Å². The number of fused-ring (bicyclic) bond motifs is 1. The molecule has 1 aromatic carbocycles. The normalized spacial score (nSPS) is 10.9. The van der Waals surface area contributed by atoms with Gasteiger partial charge in [-0.1, -0.05) is 29.8 Å². The molecule has 126 valence electrons. The summed E-state index contributed by atoms with van der Waals surface area (Å²) in [6.07, 6.45) is 4.74. The van der Waals surface area contributed by atoms with Crippen LogP contribution < -0.4 is 10.7 Å². The minimum Gasteiger partial charge on any atom is -0.342 e. The Bertz CT molecular complexity index is 940. The molecule has 3 rings (SSSR count). The molecule has 2 amide bonds. The second-order valence-electron chi connectivity index (χ2n) is 5.00. The lowest BCUT2D eigenvalue weighted by Gasteiger charge is -2.03. The highest BCUT2D eigenvalue weighted by Gasteiger charge is 2.17. The summed E-state index contributed by atoms with van der Waals surface area (Å²) in [6.45, 7) is -0.197. The van der Waals surface area contributed by atoms with Gasteiger partial charge in [0.25, 0.3) is 11.8 Å². The number of carbonyl (C=O) groups is 2. The number of carbonyl (C=O) groups excluding carboxylic acids is 2. The van der Waals surface area contributed by atoms with Crippen molar-refractivity contribution in [3.8, 4) is 0 Å². The van der Waals surface area contributed by atoms with Crippen LogP contribution in [0.15, 0.2) is 53.9 Å². The van der Waals surface area contributed by atoms with E-state index in [0.717, 1.165) is 15.6 Å². The van der Waals surface area contributed by atoms with Gasteiger partial charge < -0.3 is 5.32 Å². The molecule has 3 aromatic rings. The van der Waals surface area contributed by atoms with Crippen molar-refractivity contribution < 1.29 is 9.59 Å². The zero-order valence-corrected chi connectivity index (χ0v) is 14.5. The van der Waals surface area contributed by atoms with Crippen LogP contribution in [-0.4, -0.2) is 29.6 Å². The van der Waals surface area contributed by atoms with Crippen molar-refractivity contribution in [2.24, 2.45) is 5.10 Å². The number of benzene rings is 1. The van der Waals surface area contributed by atoms with E-state index >= 15 is 0 Å². The van der Waals surface area contributed by atoms with Crippen LogP contribution in [0, 0.1) is 0 Å². The average Bonchev–Trinajstić information content (AvgIpc) is 2.98. The molecule has 0 aliphatic rings. The minimum absolute atomic E-state index is 0.197. The summed E-state index contributed by atoms with van der Waals surface area (Å²) in [5.74, 6) is -0.824. The summed E-state index contributed by atoms with van der Waals surface area (Å²) in [4.78, 5) is 28.2. The van der Waals surface area contributed by atoms with E-state index in [4.69, 9.17) is 11.6 Å². The van der Waals surface area contributed by atoms with Gasteiger partial charge in [0.2, 0.25) is 0 Å². The van der Waals surface area contributed by atoms with Crippen LogP contribution in [0.2, 0.25) is 5.02 Å². The SMILES string of the molecule is O=C(CNC(=O)c1sc2ccccc2c1Cl)N/N=C/c1ccncc1. The summed E-state index contributed by atoms with van der Waals surface area (Å²) in [5.41, 5.74) is 3.15. The van der Waals surface area contributed by atoms with E-state index in [1.54, 1.807) is 24.5 Å². The maximum atomic E-state index is 12.2. The lowest BCUT2D eigenvalue weighted by atomic mass is 10.2. The molecule has 0 spiro atoms. The maximum Gasteiger partial charge on any atom is 0.263 e. The number of nitrogens with zero attached hydrogens (tertiary/aromatic N) is 2. The Labute approximate surface area is 152 Å². The van der Waals surface area contributed by atoms with Crippen molar-refractivity contribution >= 4 is 51.1 Å². The van der Waals surface area contributed by atoms with Crippen molar-refractivity contribution in [3.63, 3.8) is 0 Å². The third kappa shape index (κ3) is 4.20. The standard InChI is InChI=1S/C17H13ClN4O2S/c18-15-12-3-1-2-4-13(12)25-16(15)17(24)20-10-14(23)22-21-9-11-5-7-19-8-6-11/h1-9H,10H2,(H,20,24)(H,22,23)/b21-9+. The van der Waals surface area contributed by atoms with E-state index in [-0.39, 0.29) is 12.5 Å². The Hall–Kier alpha value is -2.77. The molecule has 0 saturated heterocycles. The molecule has 0 radical (unpaired) electrons. The highest BCUT2D eigenvalue weighted by atomic mass is 35.5. The van der Waals surface area contributed by atoms with Gasteiger partial charge in [0.15, 0.2) is 0 Å². The van der Waals surface area contributed by atoms with E-state index in [1.165, 1.54) is 17.6 Å². The molecular weight excluding hydrogens is 360 g/mol. The zero-order valence-electron chi connectivity index (χ0n) is 12.9. The zero-order chi connectivity index (χ0) is 17.6. The van der Waals surface area contributed by atoms with Crippen LogP contribution in [-0.2, 0) is 4.79 Å². The second kappa shape index (κ2) is 7.87. The van der Waals surface area contributed by atoms with Gasteiger partial charge in [0.1, 0.15) is 4.88 Å². The number of aromatic nitrogens is 1. The number of amides is 2. The Balaban J connectivity index is 1.55. The molecule has 2 N–H and O–H groups in total. The van der Waals surface area contributed by atoms with E-state index in [9.17, 15) is 9.59 Å². The number of hydrazone groups is 1. The second-order valence-corrected chi connectivity index (χ2v) is 6.43. The number of hydrogen-bond donors (Lipinski definition) is 2. The first-order valence-electron chi connectivity index (χ1n) is 7.32. The molecule has 6 nitrogen and oxygen atoms in total. The number of rotatable bonds is 5. The smallest absolute Gasteiger partial charge is 0.263 e. The van der Waals surface area contributed by atoms with Crippen molar-refractivity contribution in [2.45, 2.75) is 0 Å². The fraction of sp³-hybridized carbons (Fsp3) is 0.0588. The first kappa shape index (κ1) is 17.1. The van der Waals surface area contributed by atoms with E-state index in [2.05, 4.69) is 20.8 Å². The van der Waals surface area contributed by atoms with Crippen LogP contribution in [0.4, 0.5) is 0 Å². The highest BCUT2D eigenvalue weighted by Crippen LogP contribution is 2.34. The molecular formula is C17H13ClN4O2S. The summed E-state index contributed by atoms with van der Waals surface area (Å²) < 4.78 is 0.920. The molecule has 8 heteroatoms. The molecule has 2 heterocycles. The summed E-state index contributed by atoms with van der Waals surface area (Å²) in [5, 5.41) is 7.58. The molecule has 0 saturated carbocycles. The Morgan fingerprint density at radius 2 is 1.96 bits per heavy atom. The van der Waals surface area contributed by atoms with Crippen LogP contribution >= 0.6 is 22.9 Å². The van der Waals surface area contributed by atoms with Crippen molar-refractivity contribution in [1.82, 2.24) is 15.7 Å². The van der Waals surface area contributed by atoms with Crippen LogP contribution in [0.25, 0.3) is 10.1 Å². The molecule has 0 atom stereocenters. The minimum atomic E-state index is -0.434. The molecule has 2 aromatic heterocycles. The van der Waals surface area contributed by atoms with Gasteiger partial charge in [-0.3, -0.25) is 14.6 Å². The predicted molar refractivity (Wildman–Crippen MR) is 99.1 cm³/mol. The quantitative estimate of drug-likeness (QED) is 0.533. The first-order valence-corrected chi connectivity index (χ1v) is 8.52. The van der Waals surface area contributed by atoms with Gasteiger partial charge in [-0.05, 0) is 23.8 Å². The number of pyridine rings is 1. The summed E-state index contributed by atoms with van der Waals surface area (Å²) >= 11 is 7.53. The molecule has 0 unspecified atom stereocenters. The lowest BCUT2D eigenvalue weighted by molar-refractivity contribution is -0.120. The van der Waals surface area contributed by atoms with Gasteiger partial charge in [-0.2, -0.15) is 5.10 Å². The van der Waals surface area contributed by atoms with Crippen molar-refractivity contribution in [3.05, 3.63) is 64.3 Å². The van der Waals surface area contributed by atoms with Crippen LogP contribution in [0.5, 0.6) is 0 Å². The predicted octanol–water partition coefficient (Wildman–Crippen LogP) is 2.83. The number of thiophene rings is 1. The Kier molecular flexibility index (Phi) is 5.37. The lowest BCUT2D eigenvalue weighted by Crippen LogP contribution is -2.34. The maximum absolute atomic E-state index is 12.2. The van der Waals surface area contributed by atoms with E-state index < -0.39 is 5.91 Å². The third-order valence-electron chi connectivity index (χ3n) is 3.26. The Morgan fingerprint density at radius 1 is 1.20 bits per heavy atom. The van der Waals surface area contributed by atoms with Gasteiger partial charge in [0, 0.05) is 22.5 Å². The van der Waals surface area contributed by atoms with E-state index in [1.807, 2.05) is 24.3 Å². The van der Waals surface area contributed by atoms with Gasteiger partial charge in [0.05, 0.1) is 17.8 Å². The molecule has 0 aliphatic carbocycles. The molecule has 0 fully saturated rings. The number of nitrogens with one attached hydrogen (secondary N) is 2. The van der Waals surface area contributed by atoms with Gasteiger partial charge in [-0.15, -0.1) is 11.3 Å². The van der Waals surface area contributed by atoms with E-state index in [0.29, 0.717) is 9.90 Å². The fourth-order valence-corrected chi connectivity index (χ4v) is 3.50. The largest absolute Gasteiger partial charge is 0.342 e. The Morgan fingerprint density at radius 3 is 2.72 bits per heavy atom. The summed E-state index contributed by atoms with van der Waals surface area (Å²) in [7, 11) is 0. The van der Waals surface area contributed by atoms with Gasteiger partial charge in [-0.25, -0.2) is 5.43 Å². The van der Waals surface area contributed by atoms with Crippen molar-refractivity contribution in [1.29, 1.82) is 0 Å². The van der Waals surface area contributed by atoms with Crippen molar-refractivity contribution in [2.75, 3.05) is 6.54 Å². The number of halogens is 1.